The van der Waals surface area contributed by atoms with Gasteiger partial charge in [0.05, 0.1) is 0 Å². The van der Waals surface area contributed by atoms with Gasteiger partial charge in [0.2, 0.25) is 0 Å². The summed E-state index contributed by atoms with van der Waals surface area (Å²) in [4.78, 5) is 14.3. The predicted molar refractivity (Wildman–Crippen MR) is 42.5 cm³/mol. The summed E-state index contributed by atoms with van der Waals surface area (Å²) in [6, 6.07) is 0. The molecule has 0 aromatic carbocycles. The summed E-state index contributed by atoms with van der Waals surface area (Å²) in [5, 5.41) is 0. The first-order valence-electron chi connectivity index (χ1n) is 0.851. The molecule has 0 heterocycles. The summed E-state index contributed by atoms with van der Waals surface area (Å²) < 4.78 is 8.74. The molecule has 0 bridgehead atoms. The lowest BCUT2D eigenvalue weighted by Crippen LogP contribution is -1.38. The van der Waals surface area contributed by atoms with Crippen LogP contribution in [0.2, 0.25) is 0 Å². The van der Waals surface area contributed by atoms with Crippen LogP contribution in [-0.2, 0) is 4.57 Å². The molecule has 0 fully saturated rings. The SMILES string of the molecule is O=[PH](O)O.P.SS. The van der Waals surface area contributed by atoms with E-state index in [-0.39, 0.29) is 9.90 Å². The second kappa shape index (κ2) is 15.7. The third-order valence-corrected chi connectivity index (χ3v) is 0. The summed E-state index contributed by atoms with van der Waals surface area (Å²) in [5.74, 6) is 0. The summed E-state index contributed by atoms with van der Waals surface area (Å²) in [6.07, 6.45) is 0. The van der Waals surface area contributed by atoms with E-state index < -0.39 is 8.25 Å². The number of rotatable bonds is 0. The Kier molecular flexibility index (Phi) is 35.2. The van der Waals surface area contributed by atoms with Crippen molar-refractivity contribution in [2.24, 2.45) is 0 Å². The number of thiol groups is 2. The summed E-state index contributed by atoms with van der Waals surface area (Å²) in [5.41, 5.74) is 0. The van der Waals surface area contributed by atoms with Gasteiger partial charge in [0, 0.05) is 0 Å². The first-order chi connectivity index (χ1) is 2.73. The maximum atomic E-state index is 8.74. The monoisotopic (exact) mass is 182 g/mol. The van der Waals surface area contributed by atoms with Crippen LogP contribution in [0.4, 0.5) is 0 Å². The molecule has 7 heteroatoms. The quantitative estimate of drug-likeness (QED) is 0.245. The van der Waals surface area contributed by atoms with E-state index in [0.717, 1.165) is 0 Å². The van der Waals surface area contributed by atoms with Crippen LogP contribution in [0.15, 0.2) is 0 Å². The van der Waals surface area contributed by atoms with Gasteiger partial charge >= 0.3 is 8.25 Å². The molecule has 0 radical (unpaired) electrons. The van der Waals surface area contributed by atoms with Crippen LogP contribution in [0.1, 0.15) is 0 Å². The van der Waals surface area contributed by atoms with Crippen molar-refractivity contribution >= 4 is 41.5 Å². The molecule has 48 valence electrons. The second-order valence-electron chi connectivity index (χ2n) is 0.283. The Morgan fingerprint density at radius 2 is 1.29 bits per heavy atom. The molecule has 7 heavy (non-hydrogen) atoms. The van der Waals surface area contributed by atoms with Crippen LogP contribution in [0, 0.1) is 0 Å². The zero-order valence-electron chi connectivity index (χ0n) is 3.40. The Bertz CT molecular complexity index is 33.9. The van der Waals surface area contributed by atoms with Gasteiger partial charge in [0.25, 0.3) is 0 Å². The molecule has 0 saturated carbocycles. The molecule has 0 aliphatic carbocycles. The zero-order chi connectivity index (χ0) is 5.58. The number of hydrogen-bond acceptors (Lipinski definition) is 3. The van der Waals surface area contributed by atoms with E-state index in [2.05, 4.69) is 23.3 Å². The topological polar surface area (TPSA) is 57.5 Å². The first kappa shape index (κ1) is 15.7. The third kappa shape index (κ3) is 124. The highest BCUT2D eigenvalue weighted by molar-refractivity contribution is 8.59. The van der Waals surface area contributed by atoms with E-state index in [1.54, 1.807) is 0 Å². The Labute approximate surface area is 56.3 Å². The maximum Gasteiger partial charge on any atom is 0.314 e. The van der Waals surface area contributed by atoms with Crippen LogP contribution < -0.4 is 0 Å². The largest absolute Gasteiger partial charge is 0.326 e. The minimum absolute atomic E-state index is 0. The van der Waals surface area contributed by atoms with Gasteiger partial charge in [-0.2, -0.15) is 9.90 Å². The lowest BCUT2D eigenvalue weighted by molar-refractivity contribution is 0.405. The minimum atomic E-state index is -3.13. The summed E-state index contributed by atoms with van der Waals surface area (Å²) in [7, 11) is -3.13. The van der Waals surface area contributed by atoms with E-state index in [0.29, 0.717) is 0 Å². The van der Waals surface area contributed by atoms with Crippen LogP contribution in [0.25, 0.3) is 0 Å². The Balaban J connectivity index is -0.0000000480. The zero-order valence-corrected chi connectivity index (χ0v) is 7.61. The van der Waals surface area contributed by atoms with Gasteiger partial charge < -0.3 is 9.79 Å². The fourth-order valence-electron chi connectivity index (χ4n) is 0. The predicted octanol–water partition coefficient (Wildman–Crippen LogP) is 0.180. The minimum Gasteiger partial charge on any atom is -0.326 e. The highest BCUT2D eigenvalue weighted by Crippen LogP contribution is 1.98. The van der Waals surface area contributed by atoms with Crippen molar-refractivity contribution in [1.29, 1.82) is 0 Å². The van der Waals surface area contributed by atoms with Gasteiger partial charge in [-0.25, -0.2) is 0 Å². The standard InChI is InChI=1S/H3O3P.H3P.H2S2/c1-4(2)3;;1-2/h4H,(H2,1,2,3);1H3;1-2H. The molecule has 1 atom stereocenters. The molecule has 0 spiro atoms. The van der Waals surface area contributed by atoms with Gasteiger partial charge in [-0.15, -0.1) is 23.3 Å². The van der Waals surface area contributed by atoms with Crippen molar-refractivity contribution in [3.05, 3.63) is 0 Å². The van der Waals surface area contributed by atoms with E-state index >= 15 is 0 Å². The van der Waals surface area contributed by atoms with Crippen molar-refractivity contribution in [3.63, 3.8) is 0 Å². The average Bonchev–Trinajstić information content (AvgIpc) is 1.41. The molecule has 2 N–H and O–H groups in total. The van der Waals surface area contributed by atoms with E-state index in [1.807, 2.05) is 0 Å². The van der Waals surface area contributed by atoms with Crippen LogP contribution in [0.3, 0.4) is 0 Å². The molecule has 3 nitrogen and oxygen atoms in total. The Hall–Kier alpha value is 1.28. The third-order valence-electron chi connectivity index (χ3n) is 0. The van der Waals surface area contributed by atoms with Gasteiger partial charge in [0.15, 0.2) is 0 Å². The van der Waals surface area contributed by atoms with Gasteiger partial charge in [-0.3, -0.25) is 4.57 Å². The van der Waals surface area contributed by atoms with Crippen LogP contribution in [-0.4, -0.2) is 9.79 Å². The molecule has 0 aromatic heterocycles. The fourth-order valence-corrected chi connectivity index (χ4v) is 0. The maximum absolute atomic E-state index is 8.74. The first-order valence-corrected chi connectivity index (χ1v) is 3.75. The van der Waals surface area contributed by atoms with E-state index in [4.69, 9.17) is 14.4 Å². The second-order valence-corrected chi connectivity index (χ2v) is 0.848. The average molecular weight is 182 g/mol. The fraction of sp³-hybridized carbons (Fsp3) is 0. The highest BCUT2D eigenvalue weighted by atomic mass is 33.1. The highest BCUT2D eigenvalue weighted by Gasteiger charge is 1.61. The molecule has 0 amide bonds. The molecule has 0 aromatic rings. The molecule has 0 rings (SSSR count). The van der Waals surface area contributed by atoms with Crippen molar-refractivity contribution in [2.75, 3.05) is 0 Å². The normalized spacial score (nSPS) is 5.86. The van der Waals surface area contributed by atoms with E-state index in [9.17, 15) is 0 Å². The van der Waals surface area contributed by atoms with Crippen LogP contribution >= 0.6 is 41.5 Å². The van der Waals surface area contributed by atoms with Crippen molar-refractivity contribution in [1.82, 2.24) is 0 Å². The lowest BCUT2D eigenvalue weighted by Gasteiger charge is -1.61. The smallest absolute Gasteiger partial charge is 0.314 e. The van der Waals surface area contributed by atoms with Gasteiger partial charge in [-0.05, 0) is 0 Å². The van der Waals surface area contributed by atoms with Gasteiger partial charge in [0.1, 0.15) is 0 Å². The number of hydrogen-bond donors (Lipinski definition) is 4. The van der Waals surface area contributed by atoms with Crippen LogP contribution in [0.5, 0.6) is 0 Å². The van der Waals surface area contributed by atoms with Crippen molar-refractivity contribution in [3.8, 4) is 0 Å². The summed E-state index contributed by atoms with van der Waals surface area (Å²) in [6.45, 7) is 0. The van der Waals surface area contributed by atoms with Gasteiger partial charge in [-0.1, -0.05) is 0 Å². The van der Waals surface area contributed by atoms with E-state index in [1.165, 1.54) is 0 Å². The molecule has 0 saturated heterocycles. The molecule has 0 aliphatic heterocycles. The Morgan fingerprint density at radius 1 is 1.29 bits per heavy atom. The molecule has 0 aliphatic rings. The summed E-state index contributed by atoms with van der Waals surface area (Å²) >= 11 is 6.44. The molecule has 1 unspecified atom stereocenters. The Morgan fingerprint density at radius 3 is 1.29 bits per heavy atom. The molecular weight excluding hydrogens is 174 g/mol. The molecular formula is H8O3P2S2. The lowest BCUT2D eigenvalue weighted by atomic mass is 15.8. The van der Waals surface area contributed by atoms with Crippen molar-refractivity contribution in [2.45, 2.75) is 0 Å². The van der Waals surface area contributed by atoms with Crippen molar-refractivity contribution < 1.29 is 14.4 Å².